The van der Waals surface area contributed by atoms with Gasteiger partial charge in [-0.2, -0.15) is 5.10 Å². The molecule has 4 N–H and O–H groups in total. The van der Waals surface area contributed by atoms with Gasteiger partial charge < -0.3 is 11.1 Å². The van der Waals surface area contributed by atoms with Gasteiger partial charge in [0.2, 0.25) is 5.91 Å². The van der Waals surface area contributed by atoms with Crippen LogP contribution in [0.3, 0.4) is 0 Å². The van der Waals surface area contributed by atoms with E-state index in [0.717, 1.165) is 0 Å². The third kappa shape index (κ3) is 2.86. The van der Waals surface area contributed by atoms with E-state index in [4.69, 9.17) is 5.73 Å². The summed E-state index contributed by atoms with van der Waals surface area (Å²) in [5.41, 5.74) is 5.77. The maximum absolute atomic E-state index is 11.6. The number of aromatic nitrogens is 2. The number of nitrogens with one attached hydrogen (secondary N) is 2. The van der Waals surface area contributed by atoms with Crippen molar-refractivity contribution in [2.24, 2.45) is 5.73 Å². The van der Waals surface area contributed by atoms with Crippen LogP contribution in [0.1, 0.15) is 17.4 Å². The molecular formula is C9H12N4O2S. The lowest BCUT2D eigenvalue weighted by molar-refractivity contribution is -0.114. The summed E-state index contributed by atoms with van der Waals surface area (Å²) >= 11 is 1.24. The van der Waals surface area contributed by atoms with E-state index in [2.05, 4.69) is 15.5 Å². The minimum absolute atomic E-state index is 0.320. The van der Waals surface area contributed by atoms with Crippen molar-refractivity contribution >= 4 is 23.6 Å². The van der Waals surface area contributed by atoms with Gasteiger partial charge in [0.1, 0.15) is 5.69 Å². The number of hydrogen-bond acceptors (Lipinski definition) is 4. The molecule has 0 aliphatic rings. The third-order valence-corrected chi connectivity index (χ3v) is 2.70. The van der Waals surface area contributed by atoms with Gasteiger partial charge in [-0.3, -0.25) is 14.7 Å². The SMILES string of the molecule is CSC(NC(=O)c1ccn[nH]1)=C(C)C(N)=O. The molecule has 1 aromatic rings. The van der Waals surface area contributed by atoms with E-state index in [1.54, 1.807) is 13.2 Å². The van der Waals surface area contributed by atoms with E-state index in [1.807, 2.05) is 0 Å². The normalized spacial score (nSPS) is 11.9. The van der Waals surface area contributed by atoms with E-state index in [0.29, 0.717) is 16.3 Å². The van der Waals surface area contributed by atoms with Gasteiger partial charge in [0.25, 0.3) is 5.91 Å². The number of nitrogens with two attached hydrogens (primary N) is 1. The second-order valence-electron chi connectivity index (χ2n) is 2.95. The highest BCUT2D eigenvalue weighted by atomic mass is 32.2. The molecule has 1 heterocycles. The van der Waals surface area contributed by atoms with E-state index in [-0.39, 0.29) is 5.91 Å². The first-order valence-corrected chi connectivity index (χ1v) is 5.64. The van der Waals surface area contributed by atoms with Gasteiger partial charge in [0.05, 0.1) is 5.03 Å². The fraction of sp³-hybridized carbons (Fsp3) is 0.222. The van der Waals surface area contributed by atoms with Crippen molar-refractivity contribution in [3.8, 4) is 0 Å². The summed E-state index contributed by atoms with van der Waals surface area (Å²) in [6.45, 7) is 1.56. The average molecular weight is 240 g/mol. The summed E-state index contributed by atoms with van der Waals surface area (Å²) in [5.74, 6) is -0.920. The van der Waals surface area contributed by atoms with Crippen LogP contribution in [0.2, 0.25) is 0 Å². The Morgan fingerprint density at radius 1 is 1.56 bits per heavy atom. The summed E-state index contributed by atoms with van der Waals surface area (Å²) in [5, 5.41) is 9.20. The largest absolute Gasteiger partial charge is 0.366 e. The minimum atomic E-state index is -0.561. The molecule has 0 aromatic carbocycles. The zero-order chi connectivity index (χ0) is 12.1. The Bertz CT molecular complexity index is 425. The van der Waals surface area contributed by atoms with Gasteiger partial charge in [-0.15, -0.1) is 11.8 Å². The molecule has 86 valence electrons. The zero-order valence-electron chi connectivity index (χ0n) is 8.90. The molecule has 0 atom stereocenters. The average Bonchev–Trinajstić information content (AvgIpc) is 2.77. The second-order valence-corrected chi connectivity index (χ2v) is 3.76. The monoisotopic (exact) mass is 240 g/mol. The molecule has 0 saturated carbocycles. The molecule has 0 saturated heterocycles. The molecule has 6 nitrogen and oxygen atoms in total. The lowest BCUT2D eigenvalue weighted by Crippen LogP contribution is -2.25. The first-order chi connectivity index (χ1) is 7.56. The van der Waals surface area contributed by atoms with Crippen molar-refractivity contribution in [3.63, 3.8) is 0 Å². The van der Waals surface area contributed by atoms with Gasteiger partial charge in [-0.25, -0.2) is 0 Å². The van der Waals surface area contributed by atoms with Crippen LogP contribution in [-0.2, 0) is 4.79 Å². The lowest BCUT2D eigenvalue weighted by atomic mass is 10.3. The highest BCUT2D eigenvalue weighted by Gasteiger charge is 2.12. The third-order valence-electron chi connectivity index (χ3n) is 1.89. The van der Waals surface area contributed by atoms with Gasteiger partial charge in [-0.05, 0) is 19.2 Å². The topological polar surface area (TPSA) is 101 Å². The number of carbonyl (C=O) groups is 2. The molecule has 0 aliphatic carbocycles. The number of hydrogen-bond donors (Lipinski definition) is 3. The Morgan fingerprint density at radius 3 is 2.69 bits per heavy atom. The molecule has 1 aromatic heterocycles. The van der Waals surface area contributed by atoms with Crippen molar-refractivity contribution < 1.29 is 9.59 Å². The van der Waals surface area contributed by atoms with Crippen LogP contribution in [0.4, 0.5) is 0 Å². The molecular weight excluding hydrogens is 228 g/mol. The van der Waals surface area contributed by atoms with E-state index >= 15 is 0 Å². The molecule has 0 unspecified atom stereocenters. The van der Waals surface area contributed by atoms with Gasteiger partial charge in [-0.1, -0.05) is 0 Å². The number of nitrogens with zero attached hydrogens (tertiary/aromatic N) is 1. The number of aromatic amines is 1. The summed E-state index contributed by atoms with van der Waals surface area (Å²) in [6, 6.07) is 1.53. The maximum Gasteiger partial charge on any atom is 0.274 e. The van der Waals surface area contributed by atoms with Crippen molar-refractivity contribution in [3.05, 3.63) is 28.6 Å². The molecule has 0 fully saturated rings. The summed E-state index contributed by atoms with van der Waals surface area (Å²) in [4.78, 5) is 22.6. The predicted molar refractivity (Wildman–Crippen MR) is 61.5 cm³/mol. The summed E-state index contributed by atoms with van der Waals surface area (Å²) in [7, 11) is 0. The Balaban J connectivity index is 2.83. The van der Waals surface area contributed by atoms with Crippen LogP contribution >= 0.6 is 11.8 Å². The van der Waals surface area contributed by atoms with Crippen LogP contribution in [0.15, 0.2) is 22.9 Å². The minimum Gasteiger partial charge on any atom is -0.366 e. The number of amides is 2. The molecule has 0 bridgehead atoms. The molecule has 16 heavy (non-hydrogen) atoms. The highest BCUT2D eigenvalue weighted by Crippen LogP contribution is 2.13. The number of primary amides is 1. The zero-order valence-corrected chi connectivity index (χ0v) is 9.72. The van der Waals surface area contributed by atoms with Crippen LogP contribution in [0.25, 0.3) is 0 Å². The van der Waals surface area contributed by atoms with Gasteiger partial charge in [0.15, 0.2) is 0 Å². The Morgan fingerprint density at radius 2 is 2.25 bits per heavy atom. The molecule has 2 amide bonds. The standard InChI is InChI=1S/C9H12N4O2S/c1-5(7(10)14)9(16-2)12-8(15)6-3-4-11-13-6/h3-4H,1-2H3,(H2,10,14)(H,11,13)(H,12,15). The fourth-order valence-corrected chi connectivity index (χ4v) is 1.56. The first-order valence-electron chi connectivity index (χ1n) is 4.41. The van der Waals surface area contributed by atoms with Crippen molar-refractivity contribution in [2.45, 2.75) is 6.92 Å². The number of rotatable bonds is 4. The number of H-pyrrole nitrogens is 1. The van der Waals surface area contributed by atoms with Gasteiger partial charge >= 0.3 is 0 Å². The second kappa shape index (κ2) is 5.36. The Labute approximate surface area is 96.7 Å². The summed E-state index contributed by atoms with van der Waals surface area (Å²) in [6.07, 6.45) is 3.22. The van der Waals surface area contributed by atoms with Crippen LogP contribution < -0.4 is 11.1 Å². The van der Waals surface area contributed by atoms with E-state index < -0.39 is 5.91 Å². The molecule has 7 heteroatoms. The smallest absolute Gasteiger partial charge is 0.274 e. The van der Waals surface area contributed by atoms with Crippen molar-refractivity contribution in [2.75, 3.05) is 6.26 Å². The molecule has 0 radical (unpaired) electrons. The van der Waals surface area contributed by atoms with Crippen molar-refractivity contribution in [1.29, 1.82) is 0 Å². The number of carbonyl (C=O) groups excluding carboxylic acids is 2. The predicted octanol–water partition coefficient (Wildman–Crippen LogP) is 0.219. The Hall–Kier alpha value is -1.76. The van der Waals surface area contributed by atoms with Crippen LogP contribution in [0, 0.1) is 0 Å². The van der Waals surface area contributed by atoms with Gasteiger partial charge in [0, 0.05) is 11.8 Å². The van der Waals surface area contributed by atoms with Crippen molar-refractivity contribution in [1.82, 2.24) is 15.5 Å². The molecule has 0 spiro atoms. The van der Waals surface area contributed by atoms with E-state index in [9.17, 15) is 9.59 Å². The molecule has 1 rings (SSSR count). The fourth-order valence-electron chi connectivity index (χ4n) is 0.963. The number of thioether (sulfide) groups is 1. The summed E-state index contributed by atoms with van der Waals surface area (Å²) < 4.78 is 0. The quantitative estimate of drug-likeness (QED) is 0.655. The first kappa shape index (κ1) is 12.3. The van der Waals surface area contributed by atoms with Crippen LogP contribution in [0.5, 0.6) is 0 Å². The highest BCUT2D eigenvalue weighted by molar-refractivity contribution is 8.02. The van der Waals surface area contributed by atoms with E-state index in [1.165, 1.54) is 24.0 Å². The Kier molecular flexibility index (Phi) is 4.12. The van der Waals surface area contributed by atoms with Crippen LogP contribution in [-0.4, -0.2) is 28.3 Å². The lowest BCUT2D eigenvalue weighted by Gasteiger charge is -2.08. The maximum atomic E-state index is 11.6. The molecule has 0 aliphatic heterocycles.